The summed E-state index contributed by atoms with van der Waals surface area (Å²) in [6.07, 6.45) is 3.17. The normalized spacial score (nSPS) is 38.5. The van der Waals surface area contributed by atoms with Gasteiger partial charge in [-0.2, -0.15) is 8.42 Å². The molecule has 0 aromatic heterocycles. The highest BCUT2D eigenvalue weighted by molar-refractivity contribution is 7.86. The first-order valence-corrected chi connectivity index (χ1v) is 6.68. The van der Waals surface area contributed by atoms with Crippen LogP contribution >= 0.6 is 0 Å². The second kappa shape index (κ2) is 3.18. The Kier molecular flexibility index (Phi) is 2.31. The third-order valence-electron chi connectivity index (χ3n) is 3.32. The average Bonchev–Trinajstić information content (AvgIpc) is 2.53. The number of rotatable bonds is 3. The molecule has 2 bridgehead atoms. The molecule has 0 radical (unpaired) electrons. The smallest absolute Gasteiger partial charge is 0.339 e. The Morgan fingerprint density at radius 2 is 2.00 bits per heavy atom. The molecule has 3 saturated carbocycles. The molecule has 0 aromatic carbocycles. The predicted molar refractivity (Wildman–Crippen MR) is 51.5 cm³/mol. The number of carbonyl (C=O) groups excluding carboxylic acids is 1. The van der Waals surface area contributed by atoms with Crippen LogP contribution in [0, 0.1) is 11.8 Å². The van der Waals surface area contributed by atoms with Gasteiger partial charge in [-0.15, -0.1) is 0 Å². The summed E-state index contributed by atoms with van der Waals surface area (Å²) in [6, 6.07) is 0. The summed E-state index contributed by atoms with van der Waals surface area (Å²) >= 11 is 0. The summed E-state index contributed by atoms with van der Waals surface area (Å²) in [6.45, 7) is 0. The summed E-state index contributed by atoms with van der Waals surface area (Å²) < 4.78 is 31.9. The number of hydrogen-bond donors (Lipinski definition) is 0. The lowest BCUT2D eigenvalue weighted by molar-refractivity contribution is -0.161. The van der Waals surface area contributed by atoms with Crippen molar-refractivity contribution in [2.45, 2.75) is 24.9 Å². The van der Waals surface area contributed by atoms with E-state index in [9.17, 15) is 13.2 Å². The molecule has 86 valence electrons. The van der Waals surface area contributed by atoms with Crippen molar-refractivity contribution in [3.05, 3.63) is 0 Å². The van der Waals surface area contributed by atoms with Crippen LogP contribution in [-0.4, -0.2) is 33.4 Å². The van der Waals surface area contributed by atoms with Gasteiger partial charge in [0.2, 0.25) is 0 Å². The predicted octanol–water partition coefficient (Wildman–Crippen LogP) is 0.304. The molecule has 15 heavy (non-hydrogen) atoms. The van der Waals surface area contributed by atoms with Gasteiger partial charge in [0.25, 0.3) is 10.1 Å². The van der Waals surface area contributed by atoms with Crippen molar-refractivity contribution in [3.8, 4) is 0 Å². The standard InChI is InChI=1S/C9H14O5S/c1-13-8(10)9(14-15(2,11)12)5-6-3-7(9)4-6/h6-7H,3-5H2,1-2H3. The first-order valence-electron chi connectivity index (χ1n) is 4.86. The van der Waals surface area contributed by atoms with Crippen molar-refractivity contribution in [2.75, 3.05) is 13.4 Å². The van der Waals surface area contributed by atoms with Crippen LogP contribution in [0.25, 0.3) is 0 Å². The summed E-state index contributed by atoms with van der Waals surface area (Å²) in [5, 5.41) is 0. The van der Waals surface area contributed by atoms with Crippen molar-refractivity contribution in [2.24, 2.45) is 11.8 Å². The van der Waals surface area contributed by atoms with Crippen molar-refractivity contribution >= 4 is 16.1 Å². The molecule has 3 aliphatic carbocycles. The van der Waals surface area contributed by atoms with Crippen LogP contribution in [0.3, 0.4) is 0 Å². The van der Waals surface area contributed by atoms with Gasteiger partial charge in [0, 0.05) is 5.92 Å². The second-order valence-electron chi connectivity index (χ2n) is 4.41. The molecule has 3 aliphatic rings. The lowest BCUT2D eigenvalue weighted by Crippen LogP contribution is -2.45. The minimum absolute atomic E-state index is 0.00433. The molecule has 0 spiro atoms. The van der Waals surface area contributed by atoms with Crippen LogP contribution in [-0.2, 0) is 23.8 Å². The van der Waals surface area contributed by atoms with Gasteiger partial charge in [-0.25, -0.2) is 4.79 Å². The molecule has 0 aromatic rings. The molecule has 6 heteroatoms. The van der Waals surface area contributed by atoms with E-state index in [0.29, 0.717) is 12.3 Å². The number of hydrogen-bond acceptors (Lipinski definition) is 5. The van der Waals surface area contributed by atoms with Crippen molar-refractivity contribution in [3.63, 3.8) is 0 Å². The van der Waals surface area contributed by atoms with Crippen LogP contribution < -0.4 is 0 Å². The molecule has 0 N–H and O–H groups in total. The van der Waals surface area contributed by atoms with Crippen LogP contribution in [0.15, 0.2) is 0 Å². The highest BCUT2D eigenvalue weighted by Gasteiger charge is 2.63. The fourth-order valence-corrected chi connectivity index (χ4v) is 3.52. The van der Waals surface area contributed by atoms with Gasteiger partial charge in [0.1, 0.15) is 0 Å². The van der Waals surface area contributed by atoms with E-state index in [2.05, 4.69) is 4.74 Å². The maximum absolute atomic E-state index is 11.6. The number of methoxy groups -OCH3 is 1. The monoisotopic (exact) mass is 234 g/mol. The van der Waals surface area contributed by atoms with Gasteiger partial charge >= 0.3 is 5.97 Å². The Labute approximate surface area is 88.9 Å². The summed E-state index contributed by atoms with van der Waals surface area (Å²) in [5.74, 6) is -0.140. The topological polar surface area (TPSA) is 69.7 Å². The zero-order valence-electron chi connectivity index (χ0n) is 8.73. The van der Waals surface area contributed by atoms with Crippen molar-refractivity contribution < 1.29 is 22.1 Å². The van der Waals surface area contributed by atoms with E-state index in [1.165, 1.54) is 7.11 Å². The highest BCUT2D eigenvalue weighted by Crippen LogP contribution is 2.57. The van der Waals surface area contributed by atoms with Crippen LogP contribution in [0.1, 0.15) is 19.3 Å². The maximum Gasteiger partial charge on any atom is 0.339 e. The third kappa shape index (κ3) is 1.65. The van der Waals surface area contributed by atoms with Gasteiger partial charge in [-0.05, 0) is 25.2 Å². The molecule has 3 rings (SSSR count). The molecule has 0 heterocycles. The van der Waals surface area contributed by atoms with E-state index in [0.717, 1.165) is 19.1 Å². The lowest BCUT2D eigenvalue weighted by atomic mass is 9.81. The molecule has 3 fully saturated rings. The fraction of sp³-hybridized carbons (Fsp3) is 0.889. The number of carbonyl (C=O) groups is 1. The van der Waals surface area contributed by atoms with E-state index in [1.807, 2.05) is 0 Å². The number of fused-ring (bicyclic) bond motifs is 1. The molecule has 5 nitrogen and oxygen atoms in total. The van der Waals surface area contributed by atoms with Crippen molar-refractivity contribution in [1.29, 1.82) is 0 Å². The van der Waals surface area contributed by atoms with Gasteiger partial charge < -0.3 is 4.74 Å². The number of esters is 1. The second-order valence-corrected chi connectivity index (χ2v) is 5.98. The Bertz CT molecular complexity index is 381. The van der Waals surface area contributed by atoms with Gasteiger partial charge in [0.05, 0.1) is 13.4 Å². The quantitative estimate of drug-likeness (QED) is 0.519. The fourth-order valence-electron chi connectivity index (χ4n) is 2.71. The minimum atomic E-state index is -3.63. The van der Waals surface area contributed by atoms with Crippen LogP contribution in [0.5, 0.6) is 0 Å². The lowest BCUT2D eigenvalue weighted by Gasteiger charge is -2.31. The first kappa shape index (κ1) is 10.9. The Hall–Kier alpha value is -0.620. The van der Waals surface area contributed by atoms with Crippen molar-refractivity contribution in [1.82, 2.24) is 0 Å². The molecule has 0 aliphatic heterocycles. The van der Waals surface area contributed by atoms with Gasteiger partial charge in [-0.3, -0.25) is 4.18 Å². The number of ether oxygens (including phenoxy) is 1. The average molecular weight is 234 g/mol. The molecule has 0 saturated heterocycles. The Morgan fingerprint density at radius 3 is 2.33 bits per heavy atom. The van der Waals surface area contributed by atoms with Gasteiger partial charge in [-0.1, -0.05) is 0 Å². The summed E-state index contributed by atoms with van der Waals surface area (Å²) in [4.78, 5) is 11.6. The SMILES string of the molecule is COC(=O)C1(OS(C)(=O)=O)CC2CC1C2. The molecule has 1 unspecified atom stereocenters. The van der Waals surface area contributed by atoms with E-state index < -0.39 is 21.7 Å². The molecular formula is C9H14O5S. The summed E-state index contributed by atoms with van der Waals surface area (Å²) in [5.41, 5.74) is -1.23. The van der Waals surface area contributed by atoms with Gasteiger partial charge in [0.15, 0.2) is 5.60 Å². The Balaban J connectivity index is 2.28. The zero-order valence-corrected chi connectivity index (χ0v) is 9.54. The van der Waals surface area contributed by atoms with Crippen LogP contribution in [0.2, 0.25) is 0 Å². The van der Waals surface area contributed by atoms with E-state index in [4.69, 9.17) is 4.18 Å². The maximum atomic E-state index is 11.6. The van der Waals surface area contributed by atoms with Crippen LogP contribution in [0.4, 0.5) is 0 Å². The summed E-state index contributed by atoms with van der Waals surface area (Å²) in [7, 11) is -2.37. The van der Waals surface area contributed by atoms with E-state index in [-0.39, 0.29) is 5.92 Å². The Morgan fingerprint density at radius 1 is 1.40 bits per heavy atom. The van der Waals surface area contributed by atoms with E-state index in [1.54, 1.807) is 0 Å². The largest absolute Gasteiger partial charge is 0.467 e. The highest BCUT2D eigenvalue weighted by atomic mass is 32.2. The third-order valence-corrected chi connectivity index (χ3v) is 3.92. The first-order chi connectivity index (χ1) is 6.87. The van der Waals surface area contributed by atoms with E-state index >= 15 is 0 Å². The molecular weight excluding hydrogens is 220 g/mol. The molecule has 0 amide bonds. The minimum Gasteiger partial charge on any atom is -0.467 e. The molecule has 1 atom stereocenters. The zero-order chi connectivity index (χ0) is 11.3.